The molecule has 31 heavy (non-hydrogen) atoms. The SMILES string of the molecule is [N-]=[N+]=N[C@]1(OP(=O)(O)OP(=O)(O)OP(=O)(O)O)O[C@@H](n2ccc(N)nc2=O)[C@H](O)[C@@H]1O. The number of hydrogen-bond acceptors (Lipinski definition) is 13. The number of aliphatic hydroxyl groups excluding tert-OH is 2. The van der Waals surface area contributed by atoms with Crippen molar-refractivity contribution in [3.8, 4) is 0 Å². The minimum atomic E-state index is -6.01. The summed E-state index contributed by atoms with van der Waals surface area (Å²) in [7, 11) is -17.7. The third-order valence-electron chi connectivity index (χ3n) is 3.25. The maximum absolute atomic E-state index is 12.1. The molecule has 2 unspecified atom stereocenters. The number of hydrogen-bond donors (Lipinski definition) is 7. The number of nitrogens with two attached hydrogens (primary N) is 1. The van der Waals surface area contributed by atoms with Crippen LogP contribution in [0.15, 0.2) is 22.2 Å². The van der Waals surface area contributed by atoms with Crippen LogP contribution in [0.1, 0.15) is 6.23 Å². The first kappa shape index (κ1) is 25.5. The van der Waals surface area contributed by atoms with E-state index in [4.69, 9.17) is 30.7 Å². The fourth-order valence-corrected chi connectivity index (χ4v) is 5.38. The van der Waals surface area contributed by atoms with E-state index in [9.17, 15) is 33.6 Å². The lowest BCUT2D eigenvalue weighted by Gasteiger charge is -2.28. The summed E-state index contributed by atoms with van der Waals surface area (Å²) in [6.07, 6.45) is -5.76. The molecule has 6 atom stereocenters. The average Bonchev–Trinajstić information content (AvgIpc) is 2.76. The van der Waals surface area contributed by atoms with Gasteiger partial charge in [0.2, 0.25) is 0 Å². The number of phosphoric ester groups is 1. The summed E-state index contributed by atoms with van der Waals surface area (Å²) >= 11 is 0. The van der Waals surface area contributed by atoms with E-state index >= 15 is 0 Å². The maximum atomic E-state index is 12.1. The highest BCUT2D eigenvalue weighted by Gasteiger charge is 2.60. The van der Waals surface area contributed by atoms with Crippen molar-refractivity contribution in [3.05, 3.63) is 33.2 Å². The Balaban J connectivity index is 2.40. The third kappa shape index (κ3) is 6.17. The fourth-order valence-electron chi connectivity index (χ4n) is 2.23. The van der Waals surface area contributed by atoms with E-state index < -0.39 is 53.5 Å². The highest BCUT2D eigenvalue weighted by Crippen LogP contribution is 2.67. The van der Waals surface area contributed by atoms with Gasteiger partial charge >= 0.3 is 29.2 Å². The van der Waals surface area contributed by atoms with Gasteiger partial charge in [-0.1, -0.05) is 0 Å². The van der Waals surface area contributed by atoms with Crippen LogP contribution in [0.2, 0.25) is 0 Å². The minimum absolute atomic E-state index is 0.246. The van der Waals surface area contributed by atoms with Gasteiger partial charge in [-0.25, -0.2) is 23.0 Å². The summed E-state index contributed by atoms with van der Waals surface area (Å²) in [5.74, 6) is -3.60. The highest BCUT2D eigenvalue weighted by molar-refractivity contribution is 7.66. The number of phosphoric acid groups is 3. The Morgan fingerprint density at radius 1 is 1.23 bits per heavy atom. The summed E-state index contributed by atoms with van der Waals surface area (Å²) in [6, 6.07) is 1.06. The van der Waals surface area contributed by atoms with Crippen molar-refractivity contribution in [1.82, 2.24) is 9.55 Å². The summed E-state index contributed by atoms with van der Waals surface area (Å²) in [5, 5.41) is 23.1. The van der Waals surface area contributed by atoms with Crippen LogP contribution in [0, 0.1) is 0 Å². The lowest BCUT2D eigenvalue weighted by molar-refractivity contribution is -0.222. The largest absolute Gasteiger partial charge is 0.490 e. The fraction of sp³-hybridized carbons (Fsp3) is 0.500. The second-order valence-electron chi connectivity index (χ2n) is 5.49. The second kappa shape index (κ2) is 8.67. The summed E-state index contributed by atoms with van der Waals surface area (Å²) in [4.78, 5) is 53.2. The number of aromatic nitrogens is 2. The van der Waals surface area contributed by atoms with Gasteiger partial charge in [-0.2, -0.15) is 13.6 Å². The molecule has 0 radical (unpaired) electrons. The Labute approximate surface area is 169 Å². The van der Waals surface area contributed by atoms with Crippen molar-refractivity contribution in [1.29, 1.82) is 0 Å². The Morgan fingerprint density at radius 2 is 1.84 bits per heavy atom. The standard InChI is InChI=1S/C8H13N6O14P3/c9-3-1-2-14(7(17)11-3)6-4(15)5(16)8(25-6,12-13-10)26-30(21,22)28-31(23,24)27-29(18,19)20/h1-2,4-6,15-16H,(H,21,22)(H,23,24)(H2,9,11,17)(H2,18,19,20)/t4-,5+,6-,8+/m1/s1. The molecule has 23 heteroatoms. The van der Waals surface area contributed by atoms with E-state index in [0.29, 0.717) is 4.57 Å². The van der Waals surface area contributed by atoms with E-state index in [1.807, 2.05) is 0 Å². The molecule has 2 heterocycles. The molecule has 2 rings (SSSR count). The number of ether oxygens (including phenoxy) is 1. The van der Waals surface area contributed by atoms with Crippen molar-refractivity contribution >= 4 is 29.3 Å². The zero-order valence-corrected chi connectivity index (χ0v) is 17.2. The van der Waals surface area contributed by atoms with Crippen LogP contribution in [0.5, 0.6) is 0 Å². The molecule has 8 N–H and O–H groups in total. The van der Waals surface area contributed by atoms with Crippen LogP contribution in [-0.2, 0) is 31.6 Å². The second-order valence-corrected chi connectivity index (χ2v) is 9.83. The number of anilines is 1. The zero-order chi connectivity index (χ0) is 23.8. The van der Waals surface area contributed by atoms with Gasteiger partial charge in [0.05, 0.1) is 0 Å². The molecule has 1 aromatic heterocycles. The van der Waals surface area contributed by atoms with Crippen molar-refractivity contribution in [3.63, 3.8) is 0 Å². The Hall–Kier alpha value is -1.72. The quantitative estimate of drug-likeness (QED) is 0.0894. The van der Waals surface area contributed by atoms with Crippen molar-refractivity contribution in [2.75, 3.05) is 5.73 Å². The van der Waals surface area contributed by atoms with Crippen molar-refractivity contribution in [2.24, 2.45) is 5.11 Å². The normalized spacial score (nSPS) is 30.2. The highest BCUT2D eigenvalue weighted by atomic mass is 31.3. The van der Waals surface area contributed by atoms with E-state index in [-0.39, 0.29) is 5.82 Å². The predicted octanol–water partition coefficient (Wildman–Crippen LogP) is -1.62. The number of rotatable bonds is 8. The average molecular weight is 510 g/mol. The number of nitrogen functional groups attached to an aromatic ring is 1. The first-order chi connectivity index (χ1) is 14.0. The van der Waals surface area contributed by atoms with Gasteiger partial charge in [0.15, 0.2) is 6.23 Å². The molecule has 174 valence electrons. The van der Waals surface area contributed by atoms with E-state index in [1.165, 1.54) is 0 Å². The van der Waals surface area contributed by atoms with Gasteiger partial charge in [-0.15, -0.1) is 0 Å². The molecular weight excluding hydrogens is 497 g/mol. The lowest BCUT2D eigenvalue weighted by Crippen LogP contribution is -2.43. The van der Waals surface area contributed by atoms with Gasteiger partial charge in [-0.3, -0.25) is 4.57 Å². The summed E-state index contributed by atoms with van der Waals surface area (Å²) in [6.45, 7) is 0. The minimum Gasteiger partial charge on any atom is -0.385 e. The van der Waals surface area contributed by atoms with Gasteiger partial charge in [0, 0.05) is 11.1 Å². The van der Waals surface area contributed by atoms with E-state index in [1.54, 1.807) is 0 Å². The molecule has 0 saturated carbocycles. The Kier molecular flexibility index (Phi) is 7.14. The Bertz CT molecular complexity index is 1100. The number of aliphatic hydroxyl groups is 2. The molecule has 20 nitrogen and oxygen atoms in total. The molecule has 1 aliphatic rings. The van der Waals surface area contributed by atoms with Gasteiger partial charge in [-0.05, 0) is 16.7 Å². The number of nitrogens with zero attached hydrogens (tertiary/aromatic N) is 5. The maximum Gasteiger partial charge on any atom is 0.490 e. The molecule has 0 aliphatic carbocycles. The van der Waals surface area contributed by atoms with Gasteiger partial charge < -0.3 is 40.3 Å². The zero-order valence-electron chi connectivity index (χ0n) is 14.5. The van der Waals surface area contributed by atoms with Gasteiger partial charge in [0.25, 0.3) is 5.91 Å². The van der Waals surface area contributed by atoms with Crippen LogP contribution in [0.25, 0.3) is 10.4 Å². The molecule has 1 aliphatic heterocycles. The molecule has 0 aromatic carbocycles. The summed E-state index contributed by atoms with van der Waals surface area (Å²) < 4.78 is 50.8. The first-order valence-corrected chi connectivity index (χ1v) is 11.8. The van der Waals surface area contributed by atoms with Crippen molar-refractivity contribution in [2.45, 2.75) is 24.3 Å². The first-order valence-electron chi connectivity index (χ1n) is 7.30. The van der Waals surface area contributed by atoms with E-state index in [0.717, 1.165) is 12.3 Å². The van der Waals surface area contributed by atoms with Gasteiger partial charge in [0.1, 0.15) is 18.0 Å². The Morgan fingerprint density at radius 3 is 2.35 bits per heavy atom. The molecular formula is C8H13N6O14P3. The van der Waals surface area contributed by atoms with Crippen LogP contribution in [0.3, 0.4) is 0 Å². The van der Waals surface area contributed by atoms with Crippen LogP contribution in [0.4, 0.5) is 5.82 Å². The molecule has 1 aromatic rings. The molecule has 0 amide bonds. The molecule has 0 spiro atoms. The van der Waals surface area contributed by atoms with Crippen LogP contribution < -0.4 is 11.4 Å². The summed E-state index contributed by atoms with van der Waals surface area (Å²) in [5.41, 5.74) is 12.8. The third-order valence-corrected chi connectivity index (χ3v) is 7.07. The lowest BCUT2D eigenvalue weighted by atomic mass is 10.2. The van der Waals surface area contributed by atoms with E-state index in [2.05, 4.69) is 28.2 Å². The molecule has 0 bridgehead atoms. The molecule has 1 fully saturated rings. The molecule has 1 saturated heterocycles. The monoisotopic (exact) mass is 510 g/mol. The predicted molar refractivity (Wildman–Crippen MR) is 91.9 cm³/mol. The number of azide groups is 1. The van der Waals surface area contributed by atoms with Crippen molar-refractivity contribution < 1.29 is 61.4 Å². The van der Waals surface area contributed by atoms with Crippen LogP contribution >= 0.6 is 23.5 Å². The topological polar surface area (TPSA) is 319 Å². The smallest absolute Gasteiger partial charge is 0.385 e. The van der Waals surface area contributed by atoms with Crippen LogP contribution in [-0.4, -0.2) is 57.5 Å².